The highest BCUT2D eigenvalue weighted by atomic mass is 35.5. The Kier molecular flexibility index (Phi) is 4.10. The number of anilines is 1. The third kappa shape index (κ3) is 2.38. The fourth-order valence-corrected chi connectivity index (χ4v) is 1.67. The Bertz CT molecular complexity index is 249. The summed E-state index contributed by atoms with van der Waals surface area (Å²) in [4.78, 5) is 0. The largest absolute Gasteiger partial charge is 0.371 e. The Morgan fingerprint density at radius 3 is 2.08 bits per heavy atom. The molecule has 0 spiro atoms. The smallest absolute Gasteiger partial charge is 0.0901 e. The van der Waals surface area contributed by atoms with Crippen molar-refractivity contribution < 1.29 is 0 Å². The Morgan fingerprint density at radius 1 is 1.15 bits per heavy atom. The molecule has 1 nitrogen and oxygen atoms in total. The normalized spacial score (nSPS) is 10.1. The van der Waals surface area contributed by atoms with Crippen LogP contribution in [0.1, 0.15) is 25.0 Å². The molecule has 1 N–H and O–H groups in total. The van der Waals surface area contributed by atoms with Crippen molar-refractivity contribution >= 4 is 17.3 Å². The predicted octanol–water partition coefficient (Wildman–Crippen LogP) is 3.42. The lowest BCUT2D eigenvalue weighted by atomic mass is 10.0. The van der Waals surface area contributed by atoms with Crippen molar-refractivity contribution in [2.24, 2.45) is 0 Å². The van der Waals surface area contributed by atoms with Gasteiger partial charge in [-0.25, -0.2) is 0 Å². The molecule has 0 atom stereocenters. The molecule has 0 saturated heterocycles. The summed E-state index contributed by atoms with van der Waals surface area (Å²) in [6, 6.07) is 6.88. The quantitative estimate of drug-likeness (QED) is 0.576. The first-order chi connectivity index (χ1) is 6.33. The molecule has 72 valence electrons. The zero-order valence-corrected chi connectivity index (χ0v) is 8.99. The SMILES string of the molecule is CCc1cccc(CC)c1NCCl. The summed E-state index contributed by atoms with van der Waals surface area (Å²) in [5.74, 6) is 0. The highest BCUT2D eigenvalue weighted by Gasteiger charge is 2.03. The average molecular weight is 198 g/mol. The van der Waals surface area contributed by atoms with Crippen LogP contribution in [0.2, 0.25) is 0 Å². The topological polar surface area (TPSA) is 12.0 Å². The number of alkyl halides is 1. The van der Waals surface area contributed by atoms with Crippen molar-refractivity contribution in [2.75, 3.05) is 11.3 Å². The second-order valence-corrected chi connectivity index (χ2v) is 3.24. The molecule has 0 aliphatic rings. The van der Waals surface area contributed by atoms with Gasteiger partial charge in [0.25, 0.3) is 0 Å². The number of benzene rings is 1. The monoisotopic (exact) mass is 197 g/mol. The van der Waals surface area contributed by atoms with Crippen molar-refractivity contribution in [3.8, 4) is 0 Å². The number of para-hydroxylation sites is 1. The second-order valence-electron chi connectivity index (χ2n) is 2.97. The zero-order valence-electron chi connectivity index (χ0n) is 8.23. The first-order valence-electron chi connectivity index (χ1n) is 4.74. The molecule has 0 fully saturated rings. The van der Waals surface area contributed by atoms with Crippen LogP contribution in [-0.2, 0) is 12.8 Å². The predicted molar refractivity (Wildman–Crippen MR) is 59.5 cm³/mol. The van der Waals surface area contributed by atoms with E-state index >= 15 is 0 Å². The van der Waals surface area contributed by atoms with Gasteiger partial charge in [-0.2, -0.15) is 0 Å². The van der Waals surface area contributed by atoms with Crippen LogP contribution in [0.25, 0.3) is 0 Å². The Balaban J connectivity index is 3.05. The van der Waals surface area contributed by atoms with Crippen LogP contribution in [0.15, 0.2) is 18.2 Å². The molecular weight excluding hydrogens is 182 g/mol. The summed E-state index contributed by atoms with van der Waals surface area (Å²) in [5.41, 5.74) is 3.92. The van der Waals surface area contributed by atoms with Gasteiger partial charge in [0.2, 0.25) is 0 Å². The van der Waals surface area contributed by atoms with E-state index in [0.717, 1.165) is 12.8 Å². The average Bonchev–Trinajstić information content (AvgIpc) is 2.18. The minimum Gasteiger partial charge on any atom is -0.371 e. The van der Waals surface area contributed by atoms with Gasteiger partial charge in [-0.15, -0.1) is 11.6 Å². The van der Waals surface area contributed by atoms with Crippen molar-refractivity contribution in [2.45, 2.75) is 26.7 Å². The van der Waals surface area contributed by atoms with Gasteiger partial charge in [0.15, 0.2) is 0 Å². The van der Waals surface area contributed by atoms with Gasteiger partial charge in [0, 0.05) is 5.69 Å². The minimum absolute atomic E-state index is 0.476. The summed E-state index contributed by atoms with van der Waals surface area (Å²) < 4.78 is 0. The lowest BCUT2D eigenvalue weighted by Crippen LogP contribution is -2.02. The molecule has 0 bridgehead atoms. The van der Waals surface area contributed by atoms with E-state index in [1.165, 1.54) is 16.8 Å². The zero-order chi connectivity index (χ0) is 9.68. The van der Waals surface area contributed by atoms with Gasteiger partial charge in [-0.1, -0.05) is 32.0 Å². The lowest BCUT2D eigenvalue weighted by molar-refractivity contribution is 1.08. The highest BCUT2D eigenvalue weighted by molar-refractivity contribution is 6.18. The second kappa shape index (κ2) is 5.13. The molecule has 0 radical (unpaired) electrons. The van der Waals surface area contributed by atoms with Gasteiger partial charge in [0.05, 0.1) is 6.00 Å². The van der Waals surface area contributed by atoms with E-state index < -0.39 is 0 Å². The maximum atomic E-state index is 5.68. The summed E-state index contributed by atoms with van der Waals surface area (Å²) in [7, 11) is 0. The maximum absolute atomic E-state index is 5.68. The molecule has 13 heavy (non-hydrogen) atoms. The molecule has 0 unspecified atom stereocenters. The van der Waals surface area contributed by atoms with Crippen LogP contribution in [-0.4, -0.2) is 6.00 Å². The molecule has 0 aromatic heterocycles. The molecule has 2 heteroatoms. The summed E-state index contributed by atoms with van der Waals surface area (Å²) in [5, 5.41) is 3.21. The van der Waals surface area contributed by atoms with Crippen LogP contribution in [0.3, 0.4) is 0 Å². The van der Waals surface area contributed by atoms with E-state index in [4.69, 9.17) is 11.6 Å². The fourth-order valence-electron chi connectivity index (χ4n) is 1.54. The van der Waals surface area contributed by atoms with E-state index in [-0.39, 0.29) is 0 Å². The van der Waals surface area contributed by atoms with Crippen molar-refractivity contribution in [1.29, 1.82) is 0 Å². The Labute approximate surface area is 85.1 Å². The number of hydrogen-bond acceptors (Lipinski definition) is 1. The molecule has 0 aliphatic heterocycles. The van der Waals surface area contributed by atoms with Gasteiger partial charge in [-0.3, -0.25) is 0 Å². The van der Waals surface area contributed by atoms with Crippen molar-refractivity contribution in [1.82, 2.24) is 0 Å². The van der Waals surface area contributed by atoms with Gasteiger partial charge < -0.3 is 5.32 Å². The fraction of sp³-hybridized carbons (Fsp3) is 0.455. The van der Waals surface area contributed by atoms with Crippen molar-refractivity contribution in [3.05, 3.63) is 29.3 Å². The van der Waals surface area contributed by atoms with Crippen molar-refractivity contribution in [3.63, 3.8) is 0 Å². The summed E-state index contributed by atoms with van der Waals surface area (Å²) in [6.45, 7) is 4.32. The van der Waals surface area contributed by atoms with E-state index in [0.29, 0.717) is 6.00 Å². The maximum Gasteiger partial charge on any atom is 0.0901 e. The third-order valence-electron chi connectivity index (χ3n) is 2.24. The molecule has 1 rings (SSSR count). The third-order valence-corrected chi connectivity index (χ3v) is 2.38. The van der Waals surface area contributed by atoms with Crippen LogP contribution in [0.4, 0.5) is 5.69 Å². The van der Waals surface area contributed by atoms with Crippen LogP contribution < -0.4 is 5.32 Å². The minimum atomic E-state index is 0.476. The first kappa shape index (κ1) is 10.4. The van der Waals surface area contributed by atoms with Crippen LogP contribution in [0, 0.1) is 0 Å². The molecule has 1 aromatic carbocycles. The molecule has 0 amide bonds. The summed E-state index contributed by atoms with van der Waals surface area (Å²) in [6.07, 6.45) is 2.10. The molecular formula is C11H16ClN. The highest BCUT2D eigenvalue weighted by Crippen LogP contribution is 2.22. The number of halogens is 1. The summed E-state index contributed by atoms with van der Waals surface area (Å²) >= 11 is 5.68. The lowest BCUT2D eigenvalue weighted by Gasteiger charge is -2.12. The molecule has 1 aromatic rings. The Morgan fingerprint density at radius 2 is 1.69 bits per heavy atom. The Hall–Kier alpha value is -0.690. The number of nitrogens with one attached hydrogen (secondary N) is 1. The van der Waals surface area contributed by atoms with E-state index in [9.17, 15) is 0 Å². The van der Waals surface area contributed by atoms with Gasteiger partial charge in [0.1, 0.15) is 0 Å². The first-order valence-corrected chi connectivity index (χ1v) is 5.27. The molecule has 0 heterocycles. The van der Waals surface area contributed by atoms with Gasteiger partial charge >= 0.3 is 0 Å². The standard InChI is InChI=1S/C11H16ClN/c1-3-9-6-5-7-10(4-2)11(9)13-8-12/h5-7,13H,3-4,8H2,1-2H3. The molecule has 0 saturated carbocycles. The number of aryl methyl sites for hydroxylation is 2. The molecule has 0 aliphatic carbocycles. The van der Waals surface area contributed by atoms with Crippen LogP contribution >= 0.6 is 11.6 Å². The van der Waals surface area contributed by atoms with E-state index in [1.54, 1.807) is 0 Å². The van der Waals surface area contributed by atoms with E-state index in [2.05, 4.69) is 37.4 Å². The van der Waals surface area contributed by atoms with Crippen LogP contribution in [0.5, 0.6) is 0 Å². The number of hydrogen-bond donors (Lipinski definition) is 1. The van der Waals surface area contributed by atoms with Gasteiger partial charge in [-0.05, 0) is 24.0 Å². The number of rotatable bonds is 4. The van der Waals surface area contributed by atoms with E-state index in [1.807, 2.05) is 0 Å².